The number of rotatable bonds is 8. The second kappa shape index (κ2) is 9.80. The quantitative estimate of drug-likeness (QED) is 0.541. The lowest BCUT2D eigenvalue weighted by atomic mass is 10.0. The fourth-order valence-corrected chi connectivity index (χ4v) is 3.55. The fraction of sp³-hybridized carbons (Fsp3) is 0.417. The highest BCUT2D eigenvalue weighted by atomic mass is 16.5. The number of carbonyl (C=O) groups is 2. The second-order valence-electron chi connectivity index (χ2n) is 8.27. The largest absolute Gasteiger partial charge is 0.466 e. The van der Waals surface area contributed by atoms with Crippen molar-refractivity contribution < 1.29 is 19.1 Å². The van der Waals surface area contributed by atoms with Gasteiger partial charge in [0.05, 0.1) is 24.0 Å². The molecule has 0 spiro atoms. The minimum Gasteiger partial charge on any atom is -0.466 e. The Labute approximate surface area is 187 Å². The summed E-state index contributed by atoms with van der Waals surface area (Å²) in [5, 5.41) is 8.04. The Morgan fingerprint density at radius 3 is 2.47 bits per heavy atom. The first kappa shape index (κ1) is 23.2. The summed E-state index contributed by atoms with van der Waals surface area (Å²) in [5.74, 6) is -0.377. The summed E-state index contributed by atoms with van der Waals surface area (Å²) < 4.78 is 12.7. The molecule has 0 bridgehead atoms. The molecule has 3 aromatic rings. The van der Waals surface area contributed by atoms with Gasteiger partial charge in [0, 0.05) is 12.7 Å². The molecule has 0 fully saturated rings. The van der Waals surface area contributed by atoms with E-state index in [0.29, 0.717) is 11.5 Å². The molecule has 8 nitrogen and oxygen atoms in total. The van der Waals surface area contributed by atoms with Crippen molar-refractivity contribution >= 4 is 22.9 Å². The molecule has 0 radical (unpaired) electrons. The Morgan fingerprint density at radius 2 is 1.81 bits per heavy atom. The monoisotopic (exact) mass is 438 g/mol. The highest BCUT2D eigenvalue weighted by Crippen LogP contribution is 2.27. The zero-order valence-electron chi connectivity index (χ0n) is 19.4. The van der Waals surface area contributed by atoms with Crippen LogP contribution in [0.5, 0.6) is 5.88 Å². The Kier molecular flexibility index (Phi) is 7.12. The first-order valence-corrected chi connectivity index (χ1v) is 10.6. The summed E-state index contributed by atoms with van der Waals surface area (Å²) in [6, 6.07) is 9.10. The van der Waals surface area contributed by atoms with Gasteiger partial charge in [0.25, 0.3) is 5.91 Å². The van der Waals surface area contributed by atoms with Crippen molar-refractivity contribution in [2.24, 2.45) is 7.05 Å². The van der Waals surface area contributed by atoms with E-state index in [0.717, 1.165) is 27.8 Å². The van der Waals surface area contributed by atoms with Crippen molar-refractivity contribution in [3.05, 3.63) is 52.7 Å². The molecule has 32 heavy (non-hydrogen) atoms. The van der Waals surface area contributed by atoms with E-state index in [1.807, 2.05) is 51.1 Å². The number of amides is 1. The molecule has 1 amide bonds. The molecule has 170 valence electrons. The highest BCUT2D eigenvalue weighted by molar-refractivity contribution is 5.86. The van der Waals surface area contributed by atoms with Gasteiger partial charge in [-0.05, 0) is 51.8 Å². The van der Waals surface area contributed by atoms with E-state index in [4.69, 9.17) is 9.47 Å². The van der Waals surface area contributed by atoms with Gasteiger partial charge in [-0.3, -0.25) is 9.59 Å². The molecular formula is C24H30N4O4. The van der Waals surface area contributed by atoms with Crippen molar-refractivity contribution in [1.29, 1.82) is 0 Å². The number of benzene rings is 1. The number of esters is 1. The van der Waals surface area contributed by atoms with Crippen LogP contribution in [0.1, 0.15) is 48.7 Å². The Hall–Kier alpha value is -3.42. The third kappa shape index (κ3) is 5.63. The van der Waals surface area contributed by atoms with Crippen LogP contribution in [0.4, 0.5) is 0 Å². The van der Waals surface area contributed by atoms with E-state index in [-0.39, 0.29) is 31.0 Å². The Morgan fingerprint density at radius 1 is 1.12 bits per heavy atom. The van der Waals surface area contributed by atoms with Gasteiger partial charge in [0.2, 0.25) is 5.88 Å². The van der Waals surface area contributed by atoms with E-state index in [2.05, 4.69) is 15.4 Å². The van der Waals surface area contributed by atoms with Crippen LogP contribution in [0.15, 0.2) is 30.3 Å². The maximum Gasteiger partial charge on any atom is 0.308 e. The number of nitrogens with one attached hydrogen (secondary N) is 1. The molecule has 1 aromatic carbocycles. The predicted molar refractivity (Wildman–Crippen MR) is 121 cm³/mol. The van der Waals surface area contributed by atoms with Gasteiger partial charge in [-0.2, -0.15) is 0 Å². The lowest BCUT2D eigenvalue weighted by Crippen LogP contribution is -2.34. The van der Waals surface area contributed by atoms with Gasteiger partial charge < -0.3 is 14.8 Å². The number of pyridine rings is 1. The molecule has 0 aliphatic heterocycles. The van der Waals surface area contributed by atoms with E-state index < -0.39 is 6.04 Å². The number of carbonyl (C=O) groups excluding carboxylic acids is 2. The smallest absolute Gasteiger partial charge is 0.308 e. The predicted octanol–water partition coefficient (Wildman–Crippen LogP) is 3.47. The van der Waals surface area contributed by atoms with Gasteiger partial charge in [-0.15, -0.1) is 5.10 Å². The van der Waals surface area contributed by atoms with Crippen molar-refractivity contribution in [3.8, 4) is 5.88 Å². The fourth-order valence-electron chi connectivity index (χ4n) is 3.55. The molecule has 0 aliphatic carbocycles. The first-order valence-electron chi connectivity index (χ1n) is 10.6. The van der Waals surface area contributed by atoms with Gasteiger partial charge in [0.15, 0.2) is 12.3 Å². The van der Waals surface area contributed by atoms with Gasteiger partial charge in [-0.25, -0.2) is 9.67 Å². The number of fused-ring (bicyclic) bond motifs is 1. The van der Waals surface area contributed by atoms with Crippen LogP contribution in [-0.2, 0) is 21.4 Å². The van der Waals surface area contributed by atoms with Crippen LogP contribution >= 0.6 is 0 Å². The number of aryl methyl sites for hydroxylation is 4. The maximum absolute atomic E-state index is 12.7. The third-order valence-corrected chi connectivity index (χ3v) is 4.98. The SMILES string of the molecule is Cc1ccc(C(CC(=O)OC(C)C)NC(=O)COc2nn(C)c3nc(C)cc(C)c23)cc1. The average molecular weight is 439 g/mol. The van der Waals surface area contributed by atoms with Crippen LogP contribution in [0, 0.1) is 20.8 Å². The summed E-state index contributed by atoms with van der Waals surface area (Å²) in [5.41, 5.74) is 4.48. The van der Waals surface area contributed by atoms with E-state index in [9.17, 15) is 9.59 Å². The summed E-state index contributed by atoms with van der Waals surface area (Å²) in [6.07, 6.45) is -0.194. The molecule has 0 saturated carbocycles. The van der Waals surface area contributed by atoms with Crippen molar-refractivity contribution in [2.75, 3.05) is 6.61 Å². The van der Waals surface area contributed by atoms with Crippen molar-refractivity contribution in [2.45, 2.75) is 53.2 Å². The number of ether oxygens (including phenoxy) is 2. The molecule has 8 heteroatoms. The maximum atomic E-state index is 12.7. The Balaban J connectivity index is 1.73. The second-order valence-corrected chi connectivity index (χ2v) is 8.27. The molecule has 1 unspecified atom stereocenters. The van der Waals surface area contributed by atoms with E-state index in [1.165, 1.54) is 0 Å². The zero-order chi connectivity index (χ0) is 23.4. The van der Waals surface area contributed by atoms with Crippen LogP contribution in [0.3, 0.4) is 0 Å². The molecule has 1 atom stereocenters. The molecule has 0 aliphatic rings. The number of nitrogens with zero attached hydrogens (tertiary/aromatic N) is 3. The number of aromatic nitrogens is 3. The van der Waals surface area contributed by atoms with Gasteiger partial charge in [-0.1, -0.05) is 29.8 Å². The third-order valence-electron chi connectivity index (χ3n) is 4.98. The first-order chi connectivity index (χ1) is 15.1. The van der Waals surface area contributed by atoms with Crippen LogP contribution in [0.2, 0.25) is 0 Å². The van der Waals surface area contributed by atoms with Gasteiger partial charge in [0.1, 0.15) is 0 Å². The van der Waals surface area contributed by atoms with Crippen molar-refractivity contribution in [3.63, 3.8) is 0 Å². The molecule has 2 heterocycles. The molecule has 0 saturated heterocycles. The Bertz CT molecular complexity index is 1120. The number of hydrogen-bond acceptors (Lipinski definition) is 6. The van der Waals surface area contributed by atoms with Crippen molar-refractivity contribution in [1.82, 2.24) is 20.1 Å². The summed E-state index contributed by atoms with van der Waals surface area (Å²) >= 11 is 0. The summed E-state index contributed by atoms with van der Waals surface area (Å²) in [4.78, 5) is 29.5. The minimum atomic E-state index is -0.524. The lowest BCUT2D eigenvalue weighted by molar-refractivity contribution is -0.148. The van der Waals surface area contributed by atoms with Crippen LogP contribution in [-0.4, -0.2) is 39.4 Å². The minimum absolute atomic E-state index is 0.0296. The average Bonchev–Trinajstić information content (AvgIpc) is 3.01. The standard InChI is InChI=1S/C24H30N4O4/c1-14(2)32-21(30)12-19(18-9-7-15(3)8-10-18)26-20(29)13-31-24-22-16(4)11-17(5)25-23(22)28(6)27-24/h7-11,14,19H,12-13H2,1-6H3,(H,26,29). The topological polar surface area (TPSA) is 95.3 Å². The van der Waals surface area contributed by atoms with Gasteiger partial charge >= 0.3 is 5.97 Å². The molecular weight excluding hydrogens is 408 g/mol. The zero-order valence-corrected chi connectivity index (χ0v) is 19.4. The van der Waals surface area contributed by atoms with Crippen LogP contribution in [0.25, 0.3) is 11.0 Å². The number of hydrogen-bond donors (Lipinski definition) is 1. The molecule has 2 aromatic heterocycles. The van der Waals surface area contributed by atoms with Crippen LogP contribution < -0.4 is 10.1 Å². The molecule has 3 rings (SSSR count). The van der Waals surface area contributed by atoms with E-state index in [1.54, 1.807) is 25.6 Å². The van der Waals surface area contributed by atoms with E-state index >= 15 is 0 Å². The highest BCUT2D eigenvalue weighted by Gasteiger charge is 2.21. The molecule has 1 N–H and O–H groups in total. The normalized spacial score (nSPS) is 12.1. The summed E-state index contributed by atoms with van der Waals surface area (Å²) in [7, 11) is 1.79. The lowest BCUT2D eigenvalue weighted by Gasteiger charge is -2.19. The summed E-state index contributed by atoms with van der Waals surface area (Å²) in [6.45, 7) is 9.21.